The Hall–Kier alpha value is -1.88. The van der Waals surface area contributed by atoms with Crippen LogP contribution < -0.4 is 21.5 Å². The smallest absolute Gasteiger partial charge is 0.253 e. The van der Waals surface area contributed by atoms with Crippen LogP contribution in [0, 0.1) is 5.82 Å². The molecule has 2 N–H and O–H groups in total. The molecule has 2 rings (SSSR count). The van der Waals surface area contributed by atoms with Crippen molar-refractivity contribution in [1.82, 2.24) is 0 Å². The van der Waals surface area contributed by atoms with Gasteiger partial charge >= 0.3 is 0 Å². The number of benzene rings is 1. The summed E-state index contributed by atoms with van der Waals surface area (Å²) in [5.41, 5.74) is -0.121. The molecule has 0 amide bonds. The lowest BCUT2D eigenvalue weighted by Gasteiger charge is -2.24. The Kier molecular flexibility index (Phi) is 4.05. The Labute approximate surface area is 126 Å². The number of anilines is 2. The van der Waals surface area contributed by atoms with E-state index in [1.54, 1.807) is 6.07 Å². The maximum atomic E-state index is 13.1. The first kappa shape index (κ1) is 15.5. The third-order valence-electron chi connectivity index (χ3n) is 2.86. The molecule has 0 aliphatic heterocycles. The molecule has 0 aliphatic rings. The van der Waals surface area contributed by atoms with E-state index < -0.39 is 16.7 Å². The second-order valence-electron chi connectivity index (χ2n) is 5.89. The molecular formula is C15H16ClFN2O2. The molecule has 0 fully saturated rings. The molecule has 0 unspecified atom stereocenters. The van der Waals surface area contributed by atoms with E-state index in [2.05, 4.69) is 10.6 Å². The number of hydrogen-bond donors (Lipinski definition) is 2. The van der Waals surface area contributed by atoms with Crippen molar-refractivity contribution in [2.45, 2.75) is 32.9 Å². The average Bonchev–Trinajstić information content (AvgIpc) is 2.40. The van der Waals surface area contributed by atoms with Gasteiger partial charge in [-0.3, -0.25) is 9.59 Å². The summed E-state index contributed by atoms with van der Waals surface area (Å²) in [4.78, 5) is 23.2. The van der Waals surface area contributed by atoms with Crippen LogP contribution in [0.2, 0.25) is 5.02 Å². The van der Waals surface area contributed by atoms with Gasteiger partial charge in [0.05, 0.1) is 5.02 Å². The summed E-state index contributed by atoms with van der Waals surface area (Å²) in [5.74, 6) is -0.496. The van der Waals surface area contributed by atoms with Gasteiger partial charge < -0.3 is 10.6 Å². The number of nitrogens with one attached hydrogen (secondary N) is 2. The molecule has 0 heterocycles. The van der Waals surface area contributed by atoms with Crippen LogP contribution in [0.1, 0.15) is 26.3 Å². The van der Waals surface area contributed by atoms with Crippen LogP contribution in [-0.2, 0) is 6.54 Å². The van der Waals surface area contributed by atoms with Crippen molar-refractivity contribution in [2.24, 2.45) is 0 Å². The SMILES string of the molecule is CC(C)(C)Nc1c(NCc2ccc(F)c(Cl)c2)c(=O)c1=O. The van der Waals surface area contributed by atoms with Crippen LogP contribution in [-0.4, -0.2) is 5.54 Å². The van der Waals surface area contributed by atoms with Gasteiger partial charge in [0.15, 0.2) is 0 Å². The molecule has 0 radical (unpaired) electrons. The molecule has 0 saturated carbocycles. The van der Waals surface area contributed by atoms with E-state index in [9.17, 15) is 14.0 Å². The summed E-state index contributed by atoms with van der Waals surface area (Å²) in [6.07, 6.45) is 0. The van der Waals surface area contributed by atoms with E-state index in [1.165, 1.54) is 12.1 Å². The third-order valence-corrected chi connectivity index (χ3v) is 3.15. The maximum absolute atomic E-state index is 13.1. The van der Waals surface area contributed by atoms with E-state index >= 15 is 0 Å². The van der Waals surface area contributed by atoms with Crippen molar-refractivity contribution in [3.8, 4) is 0 Å². The van der Waals surface area contributed by atoms with Gasteiger partial charge in [0.25, 0.3) is 10.9 Å². The normalized spacial score (nSPS) is 11.7. The molecule has 2 aromatic carbocycles. The minimum absolute atomic E-state index is 0.0207. The highest BCUT2D eigenvalue weighted by atomic mass is 35.5. The molecule has 0 atom stereocenters. The molecule has 0 bridgehead atoms. The molecular weight excluding hydrogens is 295 g/mol. The van der Waals surface area contributed by atoms with Gasteiger partial charge in [-0.1, -0.05) is 17.7 Å². The number of halogens is 2. The van der Waals surface area contributed by atoms with Crippen LogP contribution in [0.4, 0.5) is 15.8 Å². The van der Waals surface area contributed by atoms with Gasteiger partial charge in [0, 0.05) is 12.1 Å². The quantitative estimate of drug-likeness (QED) is 0.853. The molecule has 0 aliphatic carbocycles. The topological polar surface area (TPSA) is 58.2 Å². The maximum Gasteiger partial charge on any atom is 0.253 e. The first-order valence-corrected chi connectivity index (χ1v) is 6.86. The molecule has 0 spiro atoms. The lowest BCUT2D eigenvalue weighted by atomic mass is 10.1. The minimum atomic E-state index is -0.546. The fraction of sp³-hybridized carbons (Fsp3) is 0.333. The molecule has 112 valence electrons. The third kappa shape index (κ3) is 3.42. The Morgan fingerprint density at radius 3 is 2.33 bits per heavy atom. The van der Waals surface area contributed by atoms with Gasteiger partial charge in [-0.2, -0.15) is 0 Å². The van der Waals surface area contributed by atoms with Gasteiger partial charge in [-0.25, -0.2) is 4.39 Å². The first-order valence-electron chi connectivity index (χ1n) is 6.48. The summed E-state index contributed by atoms with van der Waals surface area (Å²) >= 11 is 5.70. The first-order chi connectivity index (χ1) is 9.69. The predicted molar refractivity (Wildman–Crippen MR) is 83.5 cm³/mol. The Bertz CT molecular complexity index is 743. The molecule has 0 saturated heterocycles. The van der Waals surface area contributed by atoms with Crippen molar-refractivity contribution < 1.29 is 4.39 Å². The Balaban J connectivity index is 2.14. The zero-order valence-electron chi connectivity index (χ0n) is 12.0. The Morgan fingerprint density at radius 1 is 1.14 bits per heavy atom. The van der Waals surface area contributed by atoms with Crippen molar-refractivity contribution in [3.05, 3.63) is 55.0 Å². The predicted octanol–water partition coefficient (Wildman–Crippen LogP) is 2.90. The van der Waals surface area contributed by atoms with Crippen LogP contribution in [0.5, 0.6) is 0 Å². The van der Waals surface area contributed by atoms with Crippen LogP contribution in [0.15, 0.2) is 27.8 Å². The molecule has 6 heteroatoms. The molecule has 2 aromatic rings. The van der Waals surface area contributed by atoms with E-state index in [0.29, 0.717) is 5.69 Å². The standard InChI is InChI=1S/C15H16ClFN2O2/c1-15(2,3)19-12-11(13(20)14(12)21)18-7-8-4-5-10(17)9(16)6-8/h4-6,18-19H,7H2,1-3H3. The van der Waals surface area contributed by atoms with Crippen molar-refractivity contribution >= 4 is 23.0 Å². The summed E-state index contributed by atoms with van der Waals surface area (Å²) in [7, 11) is 0. The fourth-order valence-corrected chi connectivity index (χ4v) is 2.10. The number of hydrogen-bond acceptors (Lipinski definition) is 4. The van der Waals surface area contributed by atoms with Gasteiger partial charge in [0.1, 0.15) is 17.2 Å². The van der Waals surface area contributed by atoms with Crippen LogP contribution in [0.25, 0.3) is 0 Å². The second kappa shape index (κ2) is 5.48. The highest BCUT2D eigenvalue weighted by Gasteiger charge is 2.24. The van der Waals surface area contributed by atoms with E-state index in [0.717, 1.165) is 5.56 Å². The largest absolute Gasteiger partial charge is 0.376 e. The van der Waals surface area contributed by atoms with Gasteiger partial charge in [0.2, 0.25) is 0 Å². The lowest BCUT2D eigenvalue weighted by molar-refractivity contribution is 0.627. The van der Waals surface area contributed by atoms with Gasteiger partial charge in [-0.05, 0) is 38.5 Å². The molecule has 21 heavy (non-hydrogen) atoms. The summed E-state index contributed by atoms with van der Waals surface area (Å²) in [6, 6.07) is 4.30. The zero-order chi connectivity index (χ0) is 15.8. The lowest BCUT2D eigenvalue weighted by Crippen LogP contribution is -2.41. The van der Waals surface area contributed by atoms with Crippen molar-refractivity contribution in [2.75, 3.05) is 10.6 Å². The van der Waals surface area contributed by atoms with Crippen LogP contribution in [0.3, 0.4) is 0 Å². The fourth-order valence-electron chi connectivity index (χ4n) is 1.89. The number of rotatable bonds is 4. The Morgan fingerprint density at radius 2 is 1.76 bits per heavy atom. The summed E-state index contributed by atoms with van der Waals surface area (Å²) in [6.45, 7) is 5.97. The summed E-state index contributed by atoms with van der Waals surface area (Å²) in [5, 5.41) is 5.92. The average molecular weight is 311 g/mol. The summed E-state index contributed by atoms with van der Waals surface area (Å²) < 4.78 is 13.1. The molecule has 0 aromatic heterocycles. The second-order valence-corrected chi connectivity index (χ2v) is 6.29. The van der Waals surface area contributed by atoms with Gasteiger partial charge in [-0.15, -0.1) is 0 Å². The van der Waals surface area contributed by atoms with Crippen molar-refractivity contribution in [3.63, 3.8) is 0 Å². The van der Waals surface area contributed by atoms with E-state index in [1.807, 2.05) is 20.8 Å². The highest BCUT2D eigenvalue weighted by Crippen LogP contribution is 2.21. The highest BCUT2D eigenvalue weighted by molar-refractivity contribution is 6.30. The molecule has 4 nitrogen and oxygen atoms in total. The van der Waals surface area contributed by atoms with E-state index in [-0.39, 0.29) is 22.8 Å². The van der Waals surface area contributed by atoms with Crippen molar-refractivity contribution in [1.29, 1.82) is 0 Å². The van der Waals surface area contributed by atoms with Crippen LogP contribution >= 0.6 is 11.6 Å². The van der Waals surface area contributed by atoms with E-state index in [4.69, 9.17) is 11.6 Å². The zero-order valence-corrected chi connectivity index (χ0v) is 12.8. The monoisotopic (exact) mass is 310 g/mol. The minimum Gasteiger partial charge on any atom is -0.376 e.